The number of benzene rings is 2. The smallest absolute Gasteiger partial charge is 0.272 e. The summed E-state index contributed by atoms with van der Waals surface area (Å²) in [6.07, 6.45) is 4.64. The first-order chi connectivity index (χ1) is 18.2. The highest BCUT2D eigenvalue weighted by atomic mass is 16.5. The van der Waals surface area contributed by atoms with Gasteiger partial charge in [-0.2, -0.15) is 0 Å². The molecule has 4 aromatic rings. The zero-order valence-corrected chi connectivity index (χ0v) is 22.4. The van der Waals surface area contributed by atoms with Gasteiger partial charge in [-0.25, -0.2) is 0 Å². The summed E-state index contributed by atoms with van der Waals surface area (Å²) >= 11 is 0. The van der Waals surface area contributed by atoms with Crippen LogP contribution in [0.4, 0.5) is 11.4 Å². The molecule has 2 amide bonds. The van der Waals surface area contributed by atoms with Crippen LogP contribution < -0.4 is 19.7 Å². The van der Waals surface area contributed by atoms with Gasteiger partial charge < -0.3 is 24.3 Å². The van der Waals surface area contributed by atoms with Gasteiger partial charge in [0, 0.05) is 37.8 Å². The van der Waals surface area contributed by atoms with Crippen LogP contribution in [0.15, 0.2) is 60.9 Å². The monoisotopic (exact) mass is 512 g/mol. The topological polar surface area (TPSA) is 85.7 Å². The minimum Gasteiger partial charge on any atom is -0.492 e. The van der Waals surface area contributed by atoms with Crippen molar-refractivity contribution in [3.8, 4) is 17.2 Å². The van der Waals surface area contributed by atoms with E-state index >= 15 is 0 Å². The van der Waals surface area contributed by atoms with Crippen molar-refractivity contribution in [2.24, 2.45) is 7.05 Å². The number of anilines is 2. The summed E-state index contributed by atoms with van der Waals surface area (Å²) in [5, 5.41) is 3.95. The van der Waals surface area contributed by atoms with Crippen molar-refractivity contribution in [3.05, 3.63) is 72.2 Å². The molecule has 0 saturated carbocycles. The van der Waals surface area contributed by atoms with E-state index in [9.17, 15) is 9.59 Å². The lowest BCUT2D eigenvalue weighted by Crippen LogP contribution is -2.26. The second-order valence-corrected chi connectivity index (χ2v) is 10.5. The molecule has 3 heterocycles. The van der Waals surface area contributed by atoms with E-state index in [4.69, 9.17) is 9.47 Å². The number of pyridine rings is 1. The molecule has 1 saturated heterocycles. The van der Waals surface area contributed by atoms with Gasteiger partial charge in [0.2, 0.25) is 5.91 Å². The fraction of sp³-hybridized carbons (Fsp3) is 0.300. The predicted octanol–water partition coefficient (Wildman–Crippen LogP) is 6.05. The highest BCUT2D eigenvalue weighted by Gasteiger charge is 2.29. The molecule has 8 heteroatoms. The Balaban J connectivity index is 1.54. The number of carbonyl (C=O) groups is 2. The molecule has 0 aliphatic carbocycles. The van der Waals surface area contributed by atoms with Crippen molar-refractivity contribution in [1.82, 2.24) is 9.55 Å². The fourth-order valence-corrected chi connectivity index (χ4v) is 4.86. The average molecular weight is 513 g/mol. The van der Waals surface area contributed by atoms with Gasteiger partial charge in [0.05, 0.1) is 24.0 Å². The van der Waals surface area contributed by atoms with Crippen molar-refractivity contribution < 1.29 is 19.1 Å². The van der Waals surface area contributed by atoms with E-state index in [1.807, 2.05) is 48.0 Å². The number of hydrogen-bond acceptors (Lipinski definition) is 5. The minimum atomic E-state index is -0.290. The number of nitrogens with one attached hydrogen (secondary N) is 1. The number of fused-ring (bicyclic) bond motifs is 1. The van der Waals surface area contributed by atoms with Gasteiger partial charge in [0.1, 0.15) is 11.4 Å². The maximum absolute atomic E-state index is 13.7. The van der Waals surface area contributed by atoms with Crippen molar-refractivity contribution in [2.75, 3.05) is 23.9 Å². The molecule has 38 heavy (non-hydrogen) atoms. The quantitative estimate of drug-likeness (QED) is 0.340. The number of ether oxygens (including phenoxy) is 2. The third kappa shape index (κ3) is 4.69. The van der Waals surface area contributed by atoms with Gasteiger partial charge in [-0.1, -0.05) is 32.9 Å². The lowest BCUT2D eigenvalue weighted by atomic mass is 9.86. The fourth-order valence-electron chi connectivity index (χ4n) is 4.86. The number of carbonyl (C=O) groups excluding carboxylic acids is 2. The third-order valence-electron chi connectivity index (χ3n) is 6.88. The van der Waals surface area contributed by atoms with Crippen molar-refractivity contribution >= 4 is 34.1 Å². The number of aryl methyl sites for hydroxylation is 1. The number of nitrogens with zero attached hydrogens (tertiary/aromatic N) is 3. The largest absolute Gasteiger partial charge is 0.492 e. The number of rotatable bonds is 6. The number of hydrogen-bond donors (Lipinski definition) is 1. The van der Waals surface area contributed by atoms with Crippen molar-refractivity contribution in [2.45, 2.75) is 39.0 Å². The van der Waals surface area contributed by atoms with E-state index in [0.29, 0.717) is 47.3 Å². The van der Waals surface area contributed by atoms with Crippen molar-refractivity contribution in [3.63, 3.8) is 0 Å². The standard InChI is InChI=1S/C30H32N4O4/c1-30(2,3)20-17-22(28(37-5)23(18-20)34-15-7-10-26(34)35)32-29(36)24-16-19-8-6-9-25(27(19)33(24)4)38-21-11-13-31-14-12-21/h6,8-9,11-14,16-18H,7,10,15H2,1-5H3,(H,32,36). The van der Waals surface area contributed by atoms with Crippen LogP contribution in [-0.2, 0) is 17.3 Å². The zero-order chi connectivity index (χ0) is 27.0. The number of amides is 2. The molecular formula is C30H32N4O4. The second-order valence-electron chi connectivity index (χ2n) is 10.5. The molecule has 2 aromatic carbocycles. The van der Waals surface area contributed by atoms with Gasteiger partial charge >= 0.3 is 0 Å². The molecule has 1 aliphatic rings. The zero-order valence-electron chi connectivity index (χ0n) is 22.4. The van der Waals surface area contributed by atoms with E-state index in [-0.39, 0.29) is 17.2 Å². The first-order valence-electron chi connectivity index (χ1n) is 12.7. The Kier molecular flexibility index (Phi) is 6.57. The van der Waals surface area contributed by atoms with E-state index in [1.54, 1.807) is 36.5 Å². The molecule has 0 radical (unpaired) electrons. The summed E-state index contributed by atoms with van der Waals surface area (Å²) in [4.78, 5) is 32.1. The van der Waals surface area contributed by atoms with Crippen molar-refractivity contribution in [1.29, 1.82) is 0 Å². The Morgan fingerprint density at radius 2 is 1.84 bits per heavy atom. The van der Waals surface area contributed by atoms with Gasteiger partial charge in [-0.3, -0.25) is 14.6 Å². The molecule has 2 aromatic heterocycles. The lowest BCUT2D eigenvalue weighted by molar-refractivity contribution is -0.117. The van der Waals surface area contributed by atoms with Crippen LogP contribution in [0.2, 0.25) is 0 Å². The Hall–Kier alpha value is -4.33. The Bertz CT molecular complexity index is 1520. The third-order valence-corrected chi connectivity index (χ3v) is 6.88. The minimum absolute atomic E-state index is 0.0575. The first kappa shape index (κ1) is 25.3. The molecule has 0 atom stereocenters. The average Bonchev–Trinajstić information content (AvgIpc) is 3.47. The van der Waals surface area contributed by atoms with E-state index in [2.05, 4.69) is 31.1 Å². The van der Waals surface area contributed by atoms with Gasteiger partial charge in [-0.15, -0.1) is 0 Å². The van der Waals surface area contributed by atoms with Crippen LogP contribution in [0.25, 0.3) is 10.9 Å². The normalized spacial score (nSPS) is 13.7. The number of aromatic nitrogens is 2. The van der Waals surface area contributed by atoms with E-state index < -0.39 is 0 Å². The number of methoxy groups -OCH3 is 1. The molecule has 0 spiro atoms. The lowest BCUT2D eigenvalue weighted by Gasteiger charge is -2.27. The number of para-hydroxylation sites is 1. The van der Waals surface area contributed by atoms with Crippen LogP contribution in [0, 0.1) is 0 Å². The van der Waals surface area contributed by atoms with E-state index in [1.165, 1.54) is 0 Å². The molecule has 1 fully saturated rings. The maximum Gasteiger partial charge on any atom is 0.272 e. The maximum atomic E-state index is 13.7. The molecular weight excluding hydrogens is 480 g/mol. The summed E-state index contributed by atoms with van der Waals surface area (Å²) in [7, 11) is 3.40. The summed E-state index contributed by atoms with van der Waals surface area (Å²) in [6, 6.07) is 15.1. The Morgan fingerprint density at radius 1 is 1.08 bits per heavy atom. The SMILES string of the molecule is COc1c(NC(=O)c2cc3cccc(Oc4ccncc4)c3n2C)cc(C(C)(C)C)cc1N1CCCC1=O. The second kappa shape index (κ2) is 9.85. The summed E-state index contributed by atoms with van der Waals surface area (Å²) < 4.78 is 13.7. The highest BCUT2D eigenvalue weighted by molar-refractivity contribution is 6.09. The molecule has 5 rings (SSSR count). The van der Waals surface area contributed by atoms with Crippen LogP contribution in [0.3, 0.4) is 0 Å². The van der Waals surface area contributed by atoms with E-state index in [0.717, 1.165) is 22.9 Å². The molecule has 196 valence electrons. The van der Waals surface area contributed by atoms with Crippen LogP contribution in [0.1, 0.15) is 49.7 Å². The predicted molar refractivity (Wildman–Crippen MR) is 148 cm³/mol. The molecule has 1 aliphatic heterocycles. The first-order valence-corrected chi connectivity index (χ1v) is 12.7. The van der Waals surface area contributed by atoms with Gasteiger partial charge in [-0.05, 0) is 53.8 Å². The van der Waals surface area contributed by atoms with Crippen LogP contribution in [0.5, 0.6) is 17.2 Å². The van der Waals surface area contributed by atoms with Gasteiger partial charge in [0.15, 0.2) is 11.5 Å². The van der Waals surface area contributed by atoms with Crippen LogP contribution >= 0.6 is 0 Å². The summed E-state index contributed by atoms with van der Waals surface area (Å²) in [6.45, 7) is 6.93. The van der Waals surface area contributed by atoms with Crippen LogP contribution in [-0.4, -0.2) is 35.0 Å². The Labute approximate surface area is 222 Å². The molecule has 0 unspecified atom stereocenters. The Morgan fingerprint density at radius 3 is 2.50 bits per heavy atom. The van der Waals surface area contributed by atoms with Gasteiger partial charge in [0.25, 0.3) is 5.91 Å². The highest BCUT2D eigenvalue weighted by Crippen LogP contribution is 2.42. The molecule has 8 nitrogen and oxygen atoms in total. The molecule has 1 N–H and O–H groups in total. The summed E-state index contributed by atoms with van der Waals surface area (Å²) in [5.74, 6) is 1.54. The molecule has 0 bridgehead atoms. The summed E-state index contributed by atoms with van der Waals surface area (Å²) in [5.41, 5.74) is 3.26.